The molecule has 11 N–H and O–H groups in total. The maximum Gasteiger partial charge on any atom is 1.00 e. The minimum absolute atomic E-state index is 0. The number of carboxylic acid groups (broad SMARTS) is 1. The smallest absolute Gasteiger partial charge is 0.870 e. The molecule has 6 heterocycles. The first-order valence-corrected chi connectivity index (χ1v) is 23.5. The Balaban J connectivity index is 0.000000341. The Morgan fingerprint density at radius 2 is 1.01 bits per heavy atom. The van der Waals surface area contributed by atoms with Gasteiger partial charge in [-0.05, 0) is 144 Å². The number of nitrogens with zero attached hydrogens (tertiary/aromatic N) is 8. The molecule has 23 heteroatoms. The van der Waals surface area contributed by atoms with Crippen LogP contribution in [-0.4, -0.2) is 110 Å². The van der Waals surface area contributed by atoms with Crippen molar-refractivity contribution in [2.45, 2.75) is 41.0 Å². The van der Waals surface area contributed by atoms with Crippen LogP contribution >= 0.6 is 0 Å². The number of nitrogen functional groups attached to an aromatic ring is 2. The van der Waals surface area contributed by atoms with Crippen LogP contribution in [0.2, 0.25) is 0 Å². The number of Topliss-reactive ketones (excluding diaryl/α,β-unsaturated/α-hetero) is 1. The van der Waals surface area contributed by atoms with Crippen LogP contribution in [0.4, 0.5) is 11.4 Å². The summed E-state index contributed by atoms with van der Waals surface area (Å²) in [6.07, 6.45) is 6.84. The molecule has 4 aromatic carbocycles. The topological polar surface area (TPSA) is 364 Å². The van der Waals surface area contributed by atoms with E-state index >= 15 is 0 Å². The number of pyridine rings is 4. The number of hydrogen-bond donors (Lipinski definition) is 6. The molecule has 6 aromatic heterocycles. The molecule has 0 unspecified atom stereocenters. The molecule has 79 heavy (non-hydrogen) atoms. The number of carbonyl (C=O) groups excluding carboxylic acids is 3. The van der Waals surface area contributed by atoms with Crippen molar-refractivity contribution in [2.75, 3.05) is 31.5 Å². The normalized spacial score (nSPS) is 9.72. The maximum absolute atomic E-state index is 12.1. The van der Waals surface area contributed by atoms with E-state index in [1.807, 2.05) is 128 Å². The molecule has 22 nitrogen and oxygen atoms in total. The van der Waals surface area contributed by atoms with Crippen LogP contribution in [0.15, 0.2) is 158 Å². The van der Waals surface area contributed by atoms with E-state index in [9.17, 15) is 24.3 Å². The van der Waals surface area contributed by atoms with Gasteiger partial charge in [-0.2, -0.15) is 10.2 Å². The van der Waals surface area contributed by atoms with Crippen LogP contribution in [0.1, 0.15) is 59.6 Å². The minimum atomic E-state index is -0.999. The summed E-state index contributed by atoms with van der Waals surface area (Å²) in [5.74, 6) is 3.05. The first-order valence-electron chi connectivity index (χ1n) is 23.5. The Bertz CT molecular complexity index is 3590. The number of nitrogens with one attached hydrogen (secondary N) is 2. The van der Waals surface area contributed by atoms with Gasteiger partial charge in [0, 0.05) is 59.1 Å². The second-order valence-electron chi connectivity index (χ2n) is 15.9. The van der Waals surface area contributed by atoms with E-state index in [0.29, 0.717) is 18.0 Å². The molecule has 0 amide bonds. The Kier molecular flexibility index (Phi) is 27.5. The van der Waals surface area contributed by atoms with Crippen molar-refractivity contribution in [3.63, 3.8) is 0 Å². The third-order valence-corrected chi connectivity index (χ3v) is 10.5. The summed E-state index contributed by atoms with van der Waals surface area (Å²) in [6.45, 7) is 8.95. The van der Waals surface area contributed by atoms with E-state index in [0.717, 1.165) is 79.2 Å². The van der Waals surface area contributed by atoms with Crippen LogP contribution in [0.3, 0.4) is 0 Å². The second-order valence-corrected chi connectivity index (χ2v) is 15.9. The summed E-state index contributed by atoms with van der Waals surface area (Å²) in [7, 11) is 1.00. The summed E-state index contributed by atoms with van der Waals surface area (Å²) in [4.78, 5) is 61.4. The van der Waals surface area contributed by atoms with Crippen molar-refractivity contribution in [2.24, 2.45) is 5.84 Å². The maximum atomic E-state index is 12.1. The molecule has 0 atom stereocenters. The summed E-state index contributed by atoms with van der Waals surface area (Å²) < 4.78 is 12.7. The molecular weight excluding hydrogens is 1010 g/mol. The van der Waals surface area contributed by atoms with E-state index in [2.05, 4.69) is 40.3 Å². The van der Waals surface area contributed by atoms with Gasteiger partial charge in [-0.1, -0.05) is 24.3 Å². The number of benzene rings is 4. The number of aromatic nitrogens is 8. The number of esters is 2. The zero-order valence-electron chi connectivity index (χ0n) is 44.7. The molecule has 0 saturated heterocycles. The number of aryl methyl sites for hydroxylation is 2. The molecule has 0 saturated carbocycles. The van der Waals surface area contributed by atoms with Gasteiger partial charge in [0.1, 0.15) is 11.5 Å². The number of rotatable bonds is 10. The van der Waals surface area contributed by atoms with Gasteiger partial charge in [0.25, 0.3) is 0 Å². The zero-order chi connectivity index (χ0) is 55.1. The van der Waals surface area contributed by atoms with Gasteiger partial charge in [0.15, 0.2) is 11.4 Å². The molecule has 10 rings (SSSR count). The largest absolute Gasteiger partial charge is 1.00 e. The van der Waals surface area contributed by atoms with E-state index in [1.165, 1.54) is 11.6 Å². The average Bonchev–Trinajstić information content (AvgIpc) is 4.10. The summed E-state index contributed by atoms with van der Waals surface area (Å²) >= 11 is 0. The Morgan fingerprint density at radius 1 is 0.608 bits per heavy atom. The third kappa shape index (κ3) is 17.9. The molecule has 0 aliphatic carbocycles. The number of aliphatic hydroxyl groups excluding tert-OH is 1. The quantitative estimate of drug-likeness (QED) is 0.0267. The monoisotopic (exact) mass is 1070 g/mol. The standard InChI is InChI=1S/C16H15N3O2.C14H11N3O2.C9H9N3.C9H8N2.C7H11NO3.CH4O.Li.2H2O/c1-3-21-16(20)15-10-11(2)18-19(15)14-8-4-7-13-12(14)6-5-9-17-13;1-9-8-13(14(18)19)17(16-9)12-6-2-5-11-10(12)4-3-7-15-11;10-12-9-5-1-4-8-7(9)3-2-6-11-8;10-8-4-1-5-9-7(8)3-2-6-11-9;1-3-11-7(10)6(8)4-5(2)9;1-2;;;/h4-10H,3H2,1-2H3;2-8H,1H3,(H,18,19);1-6,12H,10H2;1-6H,10H2;8H,3-4H2,1-2H3;2H,1H3;;2*1H2/q;;;;;;+1;;/p-1. The van der Waals surface area contributed by atoms with Gasteiger partial charge in [0.05, 0.1) is 70.2 Å². The number of aliphatic hydroxyl groups is 1. The predicted octanol–water partition coefficient (Wildman–Crippen LogP) is 4.83. The van der Waals surface area contributed by atoms with Gasteiger partial charge in [-0.15, -0.1) is 0 Å². The number of fused-ring (bicyclic) bond motifs is 4. The first-order chi connectivity index (χ1) is 36.7. The van der Waals surface area contributed by atoms with Crippen LogP contribution in [0.5, 0.6) is 0 Å². The van der Waals surface area contributed by atoms with Crippen LogP contribution in [0, 0.1) is 19.3 Å². The number of ether oxygens (including phenoxy) is 2. The van der Waals surface area contributed by atoms with E-state index < -0.39 is 11.9 Å². The first kappa shape index (κ1) is 65.8. The van der Waals surface area contributed by atoms with Gasteiger partial charge in [-0.25, -0.2) is 23.7 Å². The average molecular weight is 1070 g/mol. The predicted molar refractivity (Wildman–Crippen MR) is 299 cm³/mol. The fourth-order valence-corrected chi connectivity index (χ4v) is 7.31. The van der Waals surface area contributed by atoms with Crippen molar-refractivity contribution in [1.82, 2.24) is 39.5 Å². The molecule has 0 aliphatic rings. The van der Waals surface area contributed by atoms with Crippen LogP contribution < -0.4 is 35.9 Å². The molecule has 0 bridgehead atoms. The van der Waals surface area contributed by atoms with E-state index in [1.54, 1.807) is 62.4 Å². The van der Waals surface area contributed by atoms with Crippen LogP contribution in [0.25, 0.3) is 55.0 Å². The second kappa shape index (κ2) is 33.0. The summed E-state index contributed by atoms with van der Waals surface area (Å²) in [6, 6.07) is 41.4. The zero-order valence-corrected chi connectivity index (χ0v) is 44.7. The molecule has 406 valence electrons. The minimum Gasteiger partial charge on any atom is -0.870 e. The van der Waals surface area contributed by atoms with E-state index in [-0.39, 0.29) is 66.0 Å². The summed E-state index contributed by atoms with van der Waals surface area (Å²) in [5, 5.41) is 35.8. The Morgan fingerprint density at radius 3 is 1.46 bits per heavy atom. The van der Waals surface area contributed by atoms with Crippen molar-refractivity contribution >= 4 is 84.4 Å². The molecule has 0 radical (unpaired) electrons. The summed E-state index contributed by atoms with van der Waals surface area (Å²) in [5.41, 5.74) is 16.9. The van der Waals surface area contributed by atoms with Gasteiger partial charge < -0.3 is 41.8 Å². The SMILES string of the molecule is CCOC(=O)C(=N)CC(C)=O.CCOC(=O)c1cc(C)nn1-c1cccc2ncccc12.CO.Cc1cc(C(=O)O)n(-c2cccc3ncccc23)n1.NNc1cccc2ncccc12.Nc1cccc2ncccc12.O.[Li+].[OH-]. The van der Waals surface area contributed by atoms with Crippen molar-refractivity contribution in [3.05, 3.63) is 181 Å². The number of aromatic carboxylic acids is 1. The number of hydrogen-bond acceptors (Lipinski definition) is 18. The Labute approximate surface area is 466 Å². The molecular formula is C56H61LiN12O10. The number of hydrazine groups is 1. The Hall–Kier alpha value is -9.27. The number of carboxylic acids is 1. The molecule has 10 aromatic rings. The number of carbonyl (C=O) groups is 4. The third-order valence-electron chi connectivity index (χ3n) is 10.5. The van der Waals surface area contributed by atoms with Crippen molar-refractivity contribution in [3.8, 4) is 11.4 Å². The number of nitrogens with two attached hydrogens (primary N) is 2. The molecule has 0 fully saturated rings. The fourth-order valence-electron chi connectivity index (χ4n) is 7.31. The number of anilines is 2. The molecule has 0 spiro atoms. The van der Waals surface area contributed by atoms with Crippen molar-refractivity contribution < 1.29 is 68.7 Å². The number of ketones is 1. The van der Waals surface area contributed by atoms with Gasteiger partial charge in [0.2, 0.25) is 0 Å². The van der Waals surface area contributed by atoms with Crippen molar-refractivity contribution in [1.29, 1.82) is 5.41 Å². The fraction of sp³-hybridized carbons (Fsp3) is 0.161. The van der Waals surface area contributed by atoms with E-state index in [4.69, 9.17) is 26.8 Å². The molecule has 0 aliphatic heterocycles. The van der Waals surface area contributed by atoms with Gasteiger partial charge in [-0.3, -0.25) is 36.0 Å². The van der Waals surface area contributed by atoms with Gasteiger partial charge >= 0.3 is 36.8 Å². The van der Waals surface area contributed by atoms with Crippen LogP contribution in [-0.2, 0) is 19.1 Å².